The number of ketones is 1. The summed E-state index contributed by atoms with van der Waals surface area (Å²) in [6, 6.07) is 8.39. The predicted molar refractivity (Wildman–Crippen MR) is 117 cm³/mol. The van der Waals surface area contributed by atoms with Crippen molar-refractivity contribution >= 4 is 16.7 Å². The molecule has 0 bridgehead atoms. The number of carbonyl (C=O) groups is 1. The monoisotopic (exact) mass is 383 g/mol. The van der Waals surface area contributed by atoms with E-state index < -0.39 is 0 Å². The Bertz CT molecular complexity index is 727. The minimum atomic E-state index is 0.313. The molecule has 28 heavy (non-hydrogen) atoms. The molecule has 1 aliphatic heterocycles. The van der Waals surface area contributed by atoms with Crippen LogP contribution in [-0.2, 0) is 11.3 Å². The van der Waals surface area contributed by atoms with Gasteiger partial charge in [-0.25, -0.2) is 0 Å². The highest BCUT2D eigenvalue weighted by atomic mass is 16.5. The third-order valence-electron chi connectivity index (χ3n) is 6.14. The number of carbonyl (C=O) groups excluding carboxylic acids is 1. The Kier molecular flexibility index (Phi) is 8.60. The van der Waals surface area contributed by atoms with E-state index in [1.54, 1.807) is 0 Å². The van der Waals surface area contributed by atoms with Crippen molar-refractivity contribution in [3.63, 3.8) is 0 Å². The van der Waals surface area contributed by atoms with Gasteiger partial charge in [-0.05, 0) is 31.2 Å². The van der Waals surface area contributed by atoms with E-state index in [2.05, 4.69) is 35.9 Å². The summed E-state index contributed by atoms with van der Waals surface area (Å²) in [7, 11) is 0. The molecule has 0 aliphatic carbocycles. The largest absolute Gasteiger partial charge is 0.381 e. The first kappa shape index (κ1) is 21.1. The fourth-order valence-corrected chi connectivity index (χ4v) is 4.38. The van der Waals surface area contributed by atoms with E-state index in [1.807, 2.05) is 6.07 Å². The maximum atomic E-state index is 12.9. The van der Waals surface area contributed by atoms with Crippen LogP contribution in [0.2, 0.25) is 0 Å². The van der Waals surface area contributed by atoms with Crippen LogP contribution in [-0.4, -0.2) is 23.6 Å². The molecule has 0 N–H and O–H groups in total. The quantitative estimate of drug-likeness (QED) is 0.299. The first-order valence-corrected chi connectivity index (χ1v) is 11.5. The third-order valence-corrected chi connectivity index (χ3v) is 6.14. The van der Waals surface area contributed by atoms with Gasteiger partial charge in [-0.3, -0.25) is 4.79 Å². The lowest BCUT2D eigenvalue weighted by molar-refractivity contribution is 0.0616. The molecule has 2 aromatic rings. The summed E-state index contributed by atoms with van der Waals surface area (Å²) in [5.74, 6) is 0.966. The number of hydrogen-bond acceptors (Lipinski definition) is 2. The molecular weight excluding hydrogens is 346 g/mol. The fraction of sp³-hybridized carbons (Fsp3) is 0.640. The Morgan fingerprint density at radius 1 is 1.00 bits per heavy atom. The number of fused-ring (bicyclic) bond motifs is 1. The summed E-state index contributed by atoms with van der Waals surface area (Å²) >= 11 is 0. The molecule has 1 aromatic carbocycles. The highest BCUT2D eigenvalue weighted by Crippen LogP contribution is 2.26. The molecule has 0 unspecified atom stereocenters. The second kappa shape index (κ2) is 11.4. The number of aromatic nitrogens is 1. The molecule has 0 atom stereocenters. The van der Waals surface area contributed by atoms with Crippen LogP contribution in [0, 0.1) is 5.92 Å². The summed E-state index contributed by atoms with van der Waals surface area (Å²) in [6.07, 6.45) is 15.2. The molecule has 0 radical (unpaired) electrons. The zero-order chi connectivity index (χ0) is 19.6. The van der Waals surface area contributed by atoms with Gasteiger partial charge in [0.1, 0.15) is 0 Å². The lowest BCUT2D eigenvalue weighted by Crippen LogP contribution is -2.20. The molecule has 1 saturated heterocycles. The van der Waals surface area contributed by atoms with E-state index in [-0.39, 0.29) is 0 Å². The molecule has 154 valence electrons. The van der Waals surface area contributed by atoms with E-state index in [0.29, 0.717) is 18.1 Å². The third kappa shape index (κ3) is 5.94. The van der Waals surface area contributed by atoms with E-state index in [0.717, 1.165) is 50.0 Å². The first-order chi connectivity index (χ1) is 13.8. The molecule has 0 saturated carbocycles. The number of ether oxygens (including phenoxy) is 1. The molecule has 1 aromatic heterocycles. The highest BCUT2D eigenvalue weighted by molar-refractivity contribution is 6.08. The molecular formula is C25H37NO2. The van der Waals surface area contributed by atoms with Crippen LogP contribution in [0.5, 0.6) is 0 Å². The topological polar surface area (TPSA) is 31.2 Å². The zero-order valence-corrected chi connectivity index (χ0v) is 17.6. The van der Waals surface area contributed by atoms with Gasteiger partial charge in [0.15, 0.2) is 5.78 Å². The van der Waals surface area contributed by atoms with Crippen LogP contribution in [0.4, 0.5) is 0 Å². The smallest absolute Gasteiger partial charge is 0.165 e. The normalized spacial score (nSPS) is 15.3. The summed E-state index contributed by atoms with van der Waals surface area (Å²) < 4.78 is 7.81. The Morgan fingerprint density at radius 2 is 1.68 bits per heavy atom. The number of benzene rings is 1. The number of rotatable bonds is 12. The van der Waals surface area contributed by atoms with Gasteiger partial charge in [-0.2, -0.15) is 0 Å². The van der Waals surface area contributed by atoms with Crippen LogP contribution in [0.15, 0.2) is 30.5 Å². The van der Waals surface area contributed by atoms with Gasteiger partial charge < -0.3 is 9.30 Å². The van der Waals surface area contributed by atoms with Crippen molar-refractivity contribution < 1.29 is 9.53 Å². The van der Waals surface area contributed by atoms with Gasteiger partial charge >= 0.3 is 0 Å². The van der Waals surface area contributed by atoms with Gasteiger partial charge in [0.2, 0.25) is 0 Å². The Balaban J connectivity index is 1.54. The molecule has 3 heteroatoms. The highest BCUT2D eigenvalue weighted by Gasteiger charge is 2.18. The van der Waals surface area contributed by atoms with Gasteiger partial charge in [0, 0.05) is 48.8 Å². The first-order valence-electron chi connectivity index (χ1n) is 11.5. The second-order valence-corrected chi connectivity index (χ2v) is 8.42. The van der Waals surface area contributed by atoms with E-state index in [9.17, 15) is 4.79 Å². The Labute approximate surface area is 170 Å². The van der Waals surface area contributed by atoms with Crippen LogP contribution < -0.4 is 0 Å². The molecule has 3 rings (SSSR count). The molecule has 1 aliphatic rings. The van der Waals surface area contributed by atoms with Crippen molar-refractivity contribution in [3.05, 3.63) is 36.0 Å². The molecule has 2 heterocycles. The van der Waals surface area contributed by atoms with Crippen molar-refractivity contribution in [3.8, 4) is 0 Å². The Hall–Kier alpha value is -1.61. The minimum absolute atomic E-state index is 0.313. The maximum Gasteiger partial charge on any atom is 0.165 e. The van der Waals surface area contributed by atoms with E-state index in [1.165, 1.54) is 50.5 Å². The molecule has 0 spiro atoms. The maximum absolute atomic E-state index is 12.9. The average molecular weight is 384 g/mol. The lowest BCUT2D eigenvalue weighted by Gasteiger charge is -2.22. The fourth-order valence-electron chi connectivity index (χ4n) is 4.38. The van der Waals surface area contributed by atoms with Gasteiger partial charge in [-0.1, -0.05) is 70.1 Å². The van der Waals surface area contributed by atoms with E-state index in [4.69, 9.17) is 4.74 Å². The number of nitrogens with zero attached hydrogens (tertiary/aromatic N) is 1. The van der Waals surface area contributed by atoms with Crippen LogP contribution in [0.3, 0.4) is 0 Å². The molecule has 3 nitrogen and oxygen atoms in total. The number of para-hydroxylation sites is 1. The zero-order valence-electron chi connectivity index (χ0n) is 17.6. The standard InChI is InChI=1S/C25H37NO2/c1-2-3-4-5-6-7-8-9-14-25(27)23-20-26(19-21-15-17-28-18-16-21)24-13-11-10-12-22(23)24/h10-13,20-21H,2-9,14-19H2,1H3. The Morgan fingerprint density at radius 3 is 2.43 bits per heavy atom. The van der Waals surface area contributed by atoms with Crippen LogP contribution in [0.25, 0.3) is 10.9 Å². The van der Waals surface area contributed by atoms with Gasteiger partial charge in [-0.15, -0.1) is 0 Å². The van der Waals surface area contributed by atoms with Crippen molar-refractivity contribution in [1.82, 2.24) is 4.57 Å². The van der Waals surface area contributed by atoms with Crippen molar-refractivity contribution in [2.75, 3.05) is 13.2 Å². The van der Waals surface area contributed by atoms with Gasteiger partial charge in [0.05, 0.1) is 0 Å². The molecule has 1 fully saturated rings. The summed E-state index contributed by atoms with van der Waals surface area (Å²) in [5.41, 5.74) is 2.12. The van der Waals surface area contributed by atoms with Crippen molar-refractivity contribution in [2.24, 2.45) is 5.92 Å². The van der Waals surface area contributed by atoms with Crippen molar-refractivity contribution in [1.29, 1.82) is 0 Å². The lowest BCUT2D eigenvalue weighted by atomic mass is 10.0. The number of Topliss-reactive ketones (excluding diaryl/α,β-unsaturated/α-hetero) is 1. The summed E-state index contributed by atoms with van der Waals surface area (Å²) in [6.45, 7) is 4.99. The predicted octanol–water partition coefficient (Wildman–Crippen LogP) is 6.78. The second-order valence-electron chi connectivity index (χ2n) is 8.42. The van der Waals surface area contributed by atoms with Crippen molar-refractivity contribution in [2.45, 2.75) is 84.1 Å². The van der Waals surface area contributed by atoms with E-state index >= 15 is 0 Å². The van der Waals surface area contributed by atoms with Crippen LogP contribution in [0.1, 0.15) is 87.9 Å². The summed E-state index contributed by atoms with van der Waals surface area (Å²) in [4.78, 5) is 12.9. The SMILES string of the molecule is CCCCCCCCCCC(=O)c1cn(CC2CCOCC2)c2ccccc12. The minimum Gasteiger partial charge on any atom is -0.381 e. The van der Waals surface area contributed by atoms with Gasteiger partial charge in [0.25, 0.3) is 0 Å². The van der Waals surface area contributed by atoms with Crippen LogP contribution >= 0.6 is 0 Å². The molecule has 0 amide bonds. The number of hydrogen-bond donors (Lipinski definition) is 0. The number of unbranched alkanes of at least 4 members (excludes halogenated alkanes) is 7. The summed E-state index contributed by atoms with van der Waals surface area (Å²) in [5, 5.41) is 1.12. The average Bonchev–Trinajstić information content (AvgIpc) is 3.09.